The number of aryl methyl sites for hydroxylation is 1. The Morgan fingerprint density at radius 1 is 1.17 bits per heavy atom. The van der Waals surface area contributed by atoms with E-state index in [1.807, 2.05) is 25.3 Å². The van der Waals surface area contributed by atoms with Crippen molar-refractivity contribution in [2.75, 3.05) is 0 Å². The molecule has 1 unspecified atom stereocenters. The summed E-state index contributed by atoms with van der Waals surface area (Å²) in [4.78, 5) is 4.53. The molecule has 1 aromatic carbocycles. The highest BCUT2D eigenvalue weighted by Crippen LogP contribution is 2.35. The summed E-state index contributed by atoms with van der Waals surface area (Å²) in [6.45, 7) is 4.24. The molecule has 0 spiro atoms. The van der Waals surface area contributed by atoms with Crippen molar-refractivity contribution in [3.63, 3.8) is 0 Å². The van der Waals surface area contributed by atoms with Crippen LogP contribution in [0.15, 0.2) is 30.5 Å². The van der Waals surface area contributed by atoms with E-state index in [2.05, 4.69) is 36.2 Å². The third-order valence-corrected chi connectivity index (χ3v) is 3.96. The summed E-state index contributed by atoms with van der Waals surface area (Å²) >= 11 is 6.21. The Morgan fingerprint density at radius 3 is 2.78 bits per heavy atom. The molecule has 0 fully saturated rings. The van der Waals surface area contributed by atoms with Crippen molar-refractivity contribution >= 4 is 23.8 Å². The van der Waals surface area contributed by atoms with Gasteiger partial charge in [0.05, 0.1) is 5.69 Å². The highest BCUT2D eigenvalue weighted by Gasteiger charge is 2.19. The largest absolute Gasteiger partial charge is 0.260 e. The highest BCUT2D eigenvalue weighted by atomic mass is 35.5. The van der Waals surface area contributed by atoms with Crippen molar-refractivity contribution in [3.8, 4) is 0 Å². The lowest BCUT2D eigenvalue weighted by Gasteiger charge is -2.15. The fourth-order valence-corrected chi connectivity index (χ4v) is 2.67. The van der Waals surface area contributed by atoms with Crippen molar-refractivity contribution in [3.05, 3.63) is 63.4 Å². The Hall–Kier alpha value is -1.60. The zero-order valence-corrected chi connectivity index (χ0v) is 11.2. The standard InChI is InChI=1S/C16H14ClN/c1-10-8-14-11(2)16-12(4-3-7-18-16)5-6-13(14)9-15(10)17/h3-9,11H,1-2H3. The van der Waals surface area contributed by atoms with E-state index in [4.69, 9.17) is 11.6 Å². The van der Waals surface area contributed by atoms with Gasteiger partial charge in [0.1, 0.15) is 0 Å². The molecule has 90 valence electrons. The summed E-state index contributed by atoms with van der Waals surface area (Å²) in [5, 5.41) is 0.824. The van der Waals surface area contributed by atoms with Crippen molar-refractivity contribution in [1.82, 2.24) is 4.98 Å². The van der Waals surface area contributed by atoms with Gasteiger partial charge in [-0.25, -0.2) is 0 Å². The molecule has 1 heterocycles. The second-order valence-electron chi connectivity index (χ2n) is 4.76. The maximum atomic E-state index is 6.21. The molecule has 0 aliphatic heterocycles. The second kappa shape index (κ2) is 4.25. The summed E-state index contributed by atoms with van der Waals surface area (Å²) in [6, 6.07) is 8.31. The predicted molar refractivity (Wildman–Crippen MR) is 76.9 cm³/mol. The molecule has 2 aromatic rings. The van der Waals surface area contributed by atoms with Gasteiger partial charge < -0.3 is 0 Å². The van der Waals surface area contributed by atoms with Gasteiger partial charge in [-0.2, -0.15) is 0 Å². The molecule has 2 heteroatoms. The van der Waals surface area contributed by atoms with Crippen molar-refractivity contribution < 1.29 is 0 Å². The zero-order valence-electron chi connectivity index (χ0n) is 10.4. The van der Waals surface area contributed by atoms with E-state index in [9.17, 15) is 0 Å². The Morgan fingerprint density at radius 2 is 1.94 bits per heavy atom. The van der Waals surface area contributed by atoms with E-state index in [0.29, 0.717) is 5.92 Å². The summed E-state index contributed by atoms with van der Waals surface area (Å²) < 4.78 is 0. The van der Waals surface area contributed by atoms with Crippen LogP contribution in [0.1, 0.15) is 40.8 Å². The molecule has 0 saturated carbocycles. The van der Waals surface area contributed by atoms with Gasteiger partial charge in [0.25, 0.3) is 0 Å². The van der Waals surface area contributed by atoms with Crippen LogP contribution in [0, 0.1) is 6.92 Å². The smallest absolute Gasteiger partial charge is 0.0548 e. The van der Waals surface area contributed by atoms with Gasteiger partial charge >= 0.3 is 0 Å². The zero-order chi connectivity index (χ0) is 12.7. The molecule has 0 amide bonds. The molecule has 0 saturated heterocycles. The first kappa shape index (κ1) is 11.5. The van der Waals surface area contributed by atoms with Crippen molar-refractivity contribution in [2.45, 2.75) is 19.8 Å². The van der Waals surface area contributed by atoms with Crippen LogP contribution in [0.5, 0.6) is 0 Å². The number of aromatic nitrogens is 1. The van der Waals surface area contributed by atoms with Gasteiger partial charge in [-0.3, -0.25) is 4.98 Å². The maximum Gasteiger partial charge on any atom is 0.0548 e. The van der Waals surface area contributed by atoms with Gasteiger partial charge in [0.2, 0.25) is 0 Å². The van der Waals surface area contributed by atoms with E-state index < -0.39 is 0 Å². The maximum absolute atomic E-state index is 6.21. The molecule has 1 nitrogen and oxygen atoms in total. The number of benzene rings is 1. The Labute approximate surface area is 112 Å². The summed E-state index contributed by atoms with van der Waals surface area (Å²) in [5.41, 5.74) is 5.93. The number of rotatable bonds is 0. The quantitative estimate of drug-likeness (QED) is 0.666. The minimum absolute atomic E-state index is 0.294. The normalized spacial score (nSPS) is 16.9. The number of nitrogens with zero attached hydrogens (tertiary/aromatic N) is 1. The fourth-order valence-electron chi connectivity index (χ4n) is 2.50. The molecule has 18 heavy (non-hydrogen) atoms. The molecule has 0 radical (unpaired) electrons. The van der Waals surface area contributed by atoms with E-state index in [0.717, 1.165) is 16.3 Å². The minimum atomic E-state index is 0.294. The van der Waals surface area contributed by atoms with Crippen LogP contribution in [0.25, 0.3) is 12.2 Å². The highest BCUT2D eigenvalue weighted by molar-refractivity contribution is 6.31. The average molecular weight is 256 g/mol. The van der Waals surface area contributed by atoms with Gasteiger partial charge in [0.15, 0.2) is 0 Å². The summed E-state index contributed by atoms with van der Waals surface area (Å²) in [6.07, 6.45) is 6.11. The first-order valence-electron chi connectivity index (χ1n) is 6.10. The first-order valence-corrected chi connectivity index (χ1v) is 6.47. The number of fused-ring (bicyclic) bond motifs is 2. The van der Waals surface area contributed by atoms with Crippen LogP contribution in [0.2, 0.25) is 5.02 Å². The van der Waals surface area contributed by atoms with Crippen molar-refractivity contribution in [1.29, 1.82) is 0 Å². The number of hydrogen-bond acceptors (Lipinski definition) is 1. The molecule has 1 aliphatic carbocycles. The molecule has 1 atom stereocenters. The van der Waals surface area contributed by atoms with Crippen LogP contribution in [-0.2, 0) is 0 Å². The molecule has 3 rings (SSSR count). The van der Waals surface area contributed by atoms with Crippen LogP contribution in [0.3, 0.4) is 0 Å². The molecular weight excluding hydrogens is 242 g/mol. The molecule has 1 aliphatic rings. The van der Waals surface area contributed by atoms with Crippen LogP contribution in [0.4, 0.5) is 0 Å². The van der Waals surface area contributed by atoms with E-state index in [1.165, 1.54) is 16.7 Å². The summed E-state index contributed by atoms with van der Waals surface area (Å²) in [7, 11) is 0. The van der Waals surface area contributed by atoms with E-state index in [-0.39, 0.29) is 0 Å². The second-order valence-corrected chi connectivity index (χ2v) is 5.17. The number of halogens is 1. The SMILES string of the molecule is Cc1cc2c(cc1Cl)C=Cc1cccnc1C2C. The number of hydrogen-bond donors (Lipinski definition) is 0. The number of pyridine rings is 1. The predicted octanol–water partition coefficient (Wildman–Crippen LogP) is 4.68. The minimum Gasteiger partial charge on any atom is -0.260 e. The Bertz CT molecular complexity index is 644. The molecular formula is C16H14ClN. The molecule has 1 aromatic heterocycles. The van der Waals surface area contributed by atoms with Crippen LogP contribution in [-0.4, -0.2) is 4.98 Å². The summed E-state index contributed by atoms with van der Waals surface area (Å²) in [5.74, 6) is 0.294. The lowest BCUT2D eigenvalue weighted by atomic mass is 9.91. The third-order valence-electron chi connectivity index (χ3n) is 3.55. The van der Waals surface area contributed by atoms with Crippen LogP contribution < -0.4 is 0 Å². The third kappa shape index (κ3) is 1.75. The van der Waals surface area contributed by atoms with Crippen LogP contribution >= 0.6 is 11.6 Å². The van der Waals surface area contributed by atoms with Gasteiger partial charge in [-0.15, -0.1) is 0 Å². The van der Waals surface area contributed by atoms with Gasteiger partial charge in [-0.05, 0) is 41.3 Å². The Kier molecular flexibility index (Phi) is 2.71. The first-order chi connectivity index (χ1) is 8.66. The monoisotopic (exact) mass is 255 g/mol. The Balaban J connectivity index is 2.26. The van der Waals surface area contributed by atoms with E-state index >= 15 is 0 Å². The molecule has 0 bridgehead atoms. The topological polar surface area (TPSA) is 12.9 Å². The lowest BCUT2D eigenvalue weighted by molar-refractivity contribution is 0.867. The average Bonchev–Trinajstić information content (AvgIpc) is 2.51. The van der Waals surface area contributed by atoms with Gasteiger partial charge in [-0.1, -0.05) is 42.8 Å². The van der Waals surface area contributed by atoms with Crippen molar-refractivity contribution in [2.24, 2.45) is 0 Å². The van der Waals surface area contributed by atoms with E-state index in [1.54, 1.807) is 0 Å². The fraction of sp³-hybridized carbons (Fsp3) is 0.188. The molecule has 0 N–H and O–H groups in total. The lowest BCUT2D eigenvalue weighted by Crippen LogP contribution is -2.02. The van der Waals surface area contributed by atoms with Gasteiger partial charge in [0, 0.05) is 17.1 Å².